The van der Waals surface area contributed by atoms with E-state index in [0.717, 1.165) is 30.9 Å². The van der Waals surface area contributed by atoms with Crippen molar-refractivity contribution in [1.29, 1.82) is 5.39 Å². The lowest BCUT2D eigenvalue weighted by Gasteiger charge is -2.20. The van der Waals surface area contributed by atoms with Gasteiger partial charge in [0, 0.05) is 36.5 Å². The molecule has 1 N–H and O–H groups in total. The maximum Gasteiger partial charge on any atom is 0.446 e. The molecule has 2 aromatic carbocycles. The third-order valence-electron chi connectivity index (χ3n) is 3.40. The maximum absolute atomic E-state index is 10.4. The van der Waals surface area contributed by atoms with Gasteiger partial charge in [-0.3, -0.25) is 4.55 Å². The molecule has 9 nitrogen and oxygen atoms in total. The number of carbonyl (C=O) groups is 1. The van der Waals surface area contributed by atoms with Gasteiger partial charge >= 0.3 is 16.1 Å². The molecule has 0 heterocycles. The van der Waals surface area contributed by atoms with Crippen molar-refractivity contribution >= 4 is 27.7 Å². The van der Waals surface area contributed by atoms with Crippen LogP contribution in [0.25, 0.3) is 4.98 Å². The van der Waals surface area contributed by atoms with Crippen molar-refractivity contribution in [2.75, 3.05) is 18.0 Å². The van der Waals surface area contributed by atoms with Gasteiger partial charge in [0.2, 0.25) is 5.39 Å². The van der Waals surface area contributed by atoms with Crippen LogP contribution >= 0.6 is 0 Å². The minimum absolute atomic E-state index is 0.454. The van der Waals surface area contributed by atoms with Crippen LogP contribution in [0.4, 0.5) is 11.4 Å². The second-order valence-electron chi connectivity index (χ2n) is 5.08. The first-order chi connectivity index (χ1) is 12.7. The number of carbonyl (C=O) groups excluding carboxylic acids is 1. The number of diazo groups is 1. The SMILES string of the molecule is CCN(CC)c1ccc([N+]#N)cc1.O=C([O-])c1ccccc1OS(=O)(=O)O. The van der Waals surface area contributed by atoms with Gasteiger partial charge in [-0.15, -0.1) is 0 Å². The van der Waals surface area contributed by atoms with Gasteiger partial charge in [0.1, 0.15) is 0 Å². The molecule has 0 aliphatic carbocycles. The van der Waals surface area contributed by atoms with E-state index in [-0.39, 0.29) is 0 Å². The Kier molecular flexibility index (Phi) is 8.19. The lowest BCUT2D eigenvalue weighted by molar-refractivity contribution is -0.255. The molecule has 27 heavy (non-hydrogen) atoms. The molecular formula is C17H19N3O6S. The second-order valence-corrected chi connectivity index (χ2v) is 6.11. The topological polar surface area (TPSA) is 135 Å². The number of hydrogen-bond acceptors (Lipinski definition) is 7. The number of carboxylic acid groups (broad SMARTS) is 1. The van der Waals surface area contributed by atoms with Gasteiger partial charge in [-0.05, 0) is 38.1 Å². The molecule has 0 aromatic heterocycles. The molecule has 0 saturated carbocycles. The van der Waals surface area contributed by atoms with Crippen molar-refractivity contribution in [2.45, 2.75) is 13.8 Å². The van der Waals surface area contributed by atoms with E-state index in [1.165, 1.54) is 12.1 Å². The van der Waals surface area contributed by atoms with Crippen molar-refractivity contribution in [3.63, 3.8) is 0 Å². The molecule has 0 unspecified atom stereocenters. The summed E-state index contributed by atoms with van der Waals surface area (Å²) in [5, 5.41) is 18.9. The van der Waals surface area contributed by atoms with Crippen LogP contribution in [0.2, 0.25) is 0 Å². The Hall–Kier alpha value is -3.16. The molecule has 0 saturated heterocycles. The van der Waals surface area contributed by atoms with E-state index in [2.05, 4.69) is 27.9 Å². The molecule has 0 bridgehead atoms. The molecule has 0 amide bonds. The summed E-state index contributed by atoms with van der Waals surface area (Å²) in [5.74, 6) is -2.08. The largest absolute Gasteiger partial charge is 0.545 e. The van der Waals surface area contributed by atoms with Gasteiger partial charge in [0.05, 0.1) is 5.97 Å². The molecular weight excluding hydrogens is 374 g/mol. The van der Waals surface area contributed by atoms with Crippen molar-refractivity contribution in [2.24, 2.45) is 0 Å². The third-order valence-corrected chi connectivity index (χ3v) is 3.79. The lowest BCUT2D eigenvalue weighted by atomic mass is 10.2. The molecule has 0 spiro atoms. The Labute approximate surface area is 157 Å². The fourth-order valence-corrected chi connectivity index (χ4v) is 2.51. The molecule has 0 aliphatic rings. The Morgan fingerprint density at radius 1 is 1.15 bits per heavy atom. The highest BCUT2D eigenvalue weighted by atomic mass is 32.3. The van der Waals surface area contributed by atoms with Gasteiger partial charge in [0.25, 0.3) is 0 Å². The van der Waals surface area contributed by atoms with E-state index in [0.29, 0.717) is 5.69 Å². The normalized spacial score (nSPS) is 10.1. The molecule has 0 fully saturated rings. The number of rotatable bonds is 6. The van der Waals surface area contributed by atoms with Crippen LogP contribution in [-0.4, -0.2) is 32.0 Å². The first-order valence-electron chi connectivity index (χ1n) is 7.89. The number of hydrogen-bond donors (Lipinski definition) is 1. The summed E-state index contributed by atoms with van der Waals surface area (Å²) in [7, 11) is -4.72. The van der Waals surface area contributed by atoms with E-state index in [4.69, 9.17) is 9.95 Å². The van der Waals surface area contributed by atoms with E-state index in [1.807, 2.05) is 12.1 Å². The molecule has 10 heteroatoms. The summed E-state index contributed by atoms with van der Waals surface area (Å²) < 4.78 is 32.9. The summed E-state index contributed by atoms with van der Waals surface area (Å²) in [6.07, 6.45) is 0. The highest BCUT2D eigenvalue weighted by Crippen LogP contribution is 2.19. The van der Waals surface area contributed by atoms with Crippen molar-refractivity contribution < 1.29 is 27.1 Å². The van der Waals surface area contributed by atoms with Gasteiger partial charge in [-0.2, -0.15) is 8.42 Å². The average Bonchev–Trinajstić information content (AvgIpc) is 2.63. The zero-order chi connectivity index (χ0) is 20.4. The van der Waals surface area contributed by atoms with Crippen LogP contribution in [0.1, 0.15) is 24.2 Å². The van der Waals surface area contributed by atoms with Gasteiger partial charge in [0.15, 0.2) is 10.7 Å². The Morgan fingerprint density at radius 3 is 2.15 bits per heavy atom. The third kappa shape index (κ3) is 7.31. The molecule has 144 valence electrons. The van der Waals surface area contributed by atoms with E-state index in [1.54, 1.807) is 12.1 Å². The van der Waals surface area contributed by atoms with E-state index in [9.17, 15) is 18.3 Å². The Balaban J connectivity index is 0.000000271. The zero-order valence-electron chi connectivity index (χ0n) is 14.8. The quantitative estimate of drug-likeness (QED) is 0.583. The van der Waals surface area contributed by atoms with Crippen LogP contribution < -0.4 is 14.2 Å². The predicted molar refractivity (Wildman–Crippen MR) is 97.7 cm³/mol. The Bertz CT molecular complexity index is 903. The van der Waals surface area contributed by atoms with E-state index >= 15 is 0 Å². The first kappa shape index (κ1) is 21.9. The maximum atomic E-state index is 10.4. The molecule has 0 radical (unpaired) electrons. The van der Waals surface area contributed by atoms with Crippen LogP contribution in [0.15, 0.2) is 48.5 Å². The lowest BCUT2D eigenvalue weighted by Crippen LogP contribution is -2.23. The monoisotopic (exact) mass is 393 g/mol. The summed E-state index contributed by atoms with van der Waals surface area (Å²) in [4.78, 5) is 15.8. The Morgan fingerprint density at radius 2 is 1.70 bits per heavy atom. The summed E-state index contributed by atoms with van der Waals surface area (Å²) in [6, 6.07) is 12.4. The van der Waals surface area contributed by atoms with Gasteiger partial charge in [-0.25, -0.2) is 0 Å². The summed E-state index contributed by atoms with van der Waals surface area (Å²) in [5.41, 5.74) is 1.30. The summed E-state index contributed by atoms with van der Waals surface area (Å²) in [6.45, 7) is 6.22. The zero-order valence-corrected chi connectivity index (χ0v) is 15.6. The number of carboxylic acids is 1. The number of benzene rings is 2. The summed E-state index contributed by atoms with van der Waals surface area (Å²) >= 11 is 0. The molecule has 0 atom stereocenters. The molecule has 0 aliphatic heterocycles. The van der Waals surface area contributed by atoms with Crippen molar-refractivity contribution in [3.8, 4) is 5.75 Å². The minimum Gasteiger partial charge on any atom is -0.545 e. The molecule has 2 aromatic rings. The van der Waals surface area contributed by atoms with Gasteiger partial charge < -0.3 is 19.0 Å². The number of para-hydroxylation sites is 1. The van der Waals surface area contributed by atoms with Crippen LogP contribution in [0.5, 0.6) is 5.75 Å². The minimum atomic E-state index is -4.72. The number of aromatic carboxylic acids is 1. The smallest absolute Gasteiger partial charge is 0.446 e. The van der Waals surface area contributed by atoms with E-state index < -0.39 is 27.7 Å². The first-order valence-corrected chi connectivity index (χ1v) is 9.25. The highest BCUT2D eigenvalue weighted by Gasteiger charge is 2.11. The average molecular weight is 393 g/mol. The number of nitrogens with zero attached hydrogens (tertiary/aromatic N) is 3. The standard InChI is InChI=1S/C10H14N3.C7H6O6S/c1-3-13(4-2)10-7-5-9(12-11)6-8-10;8-7(9)5-3-1-2-4-6(5)13-14(10,11)12/h5-8H,3-4H2,1-2H3;1-4H,(H,8,9)(H,10,11,12)/q+1;/p-1. The molecule has 2 rings (SSSR count). The van der Waals surface area contributed by atoms with Crippen molar-refractivity contribution in [1.82, 2.24) is 0 Å². The fourth-order valence-electron chi connectivity index (χ4n) is 2.14. The second kappa shape index (κ2) is 10.1. The van der Waals surface area contributed by atoms with Gasteiger partial charge in [-0.1, -0.05) is 12.1 Å². The van der Waals surface area contributed by atoms with Crippen molar-refractivity contribution in [3.05, 3.63) is 59.1 Å². The fraction of sp³-hybridized carbons (Fsp3) is 0.235. The van der Waals surface area contributed by atoms with Crippen LogP contribution in [0.3, 0.4) is 0 Å². The van der Waals surface area contributed by atoms with Crippen LogP contribution in [0, 0.1) is 5.39 Å². The number of anilines is 1. The van der Waals surface area contributed by atoms with Crippen LogP contribution in [-0.2, 0) is 10.4 Å². The highest BCUT2D eigenvalue weighted by molar-refractivity contribution is 7.81. The predicted octanol–water partition coefficient (Wildman–Crippen LogP) is 2.25.